The second kappa shape index (κ2) is 9.51. The Morgan fingerprint density at radius 1 is 1.07 bits per heavy atom. The summed E-state index contributed by atoms with van der Waals surface area (Å²) < 4.78 is 5.25. The lowest BCUT2D eigenvalue weighted by Gasteiger charge is -2.31. The van der Waals surface area contributed by atoms with Crippen LogP contribution in [0.15, 0.2) is 48.8 Å². The van der Waals surface area contributed by atoms with E-state index in [2.05, 4.69) is 16.9 Å². The van der Waals surface area contributed by atoms with Gasteiger partial charge in [-0.05, 0) is 61.8 Å². The van der Waals surface area contributed by atoms with E-state index in [-0.39, 0.29) is 11.9 Å². The smallest absolute Gasteiger partial charge is 0.240 e. The first-order valence-electron chi connectivity index (χ1n) is 9.68. The highest BCUT2D eigenvalue weighted by molar-refractivity contribution is 5.82. The first kappa shape index (κ1) is 19.4. The number of hydrogen-bond acceptors (Lipinski definition) is 4. The summed E-state index contributed by atoms with van der Waals surface area (Å²) in [5.41, 5.74) is 2.21. The number of benzene rings is 1. The summed E-state index contributed by atoms with van der Waals surface area (Å²) in [6, 6.07) is 11.9. The van der Waals surface area contributed by atoms with Gasteiger partial charge in [0.05, 0.1) is 13.2 Å². The fraction of sp³-hybridized carbons (Fsp3) is 0.455. The highest BCUT2D eigenvalue weighted by Crippen LogP contribution is 2.21. The number of carbonyl (C=O) groups excluding carboxylic acids is 1. The van der Waals surface area contributed by atoms with Crippen LogP contribution in [-0.4, -0.2) is 47.4 Å². The Hall–Kier alpha value is -2.40. The molecule has 144 valence electrons. The van der Waals surface area contributed by atoms with Gasteiger partial charge < -0.3 is 9.64 Å². The van der Waals surface area contributed by atoms with Crippen molar-refractivity contribution in [2.75, 3.05) is 20.7 Å². The average Bonchev–Trinajstić information content (AvgIpc) is 2.92. The molecule has 1 atom stereocenters. The van der Waals surface area contributed by atoms with Crippen LogP contribution in [0.25, 0.3) is 0 Å². The monoisotopic (exact) mass is 367 g/mol. The maximum absolute atomic E-state index is 13.4. The molecule has 0 aliphatic carbocycles. The van der Waals surface area contributed by atoms with Gasteiger partial charge in [0.1, 0.15) is 5.75 Å². The molecular weight excluding hydrogens is 338 g/mol. The lowest BCUT2D eigenvalue weighted by molar-refractivity contribution is -0.138. The second-order valence-electron chi connectivity index (χ2n) is 7.24. The van der Waals surface area contributed by atoms with Crippen molar-refractivity contribution in [3.8, 4) is 5.75 Å². The summed E-state index contributed by atoms with van der Waals surface area (Å²) in [6.45, 7) is 2.18. The SMILES string of the molecule is COc1ccc(CN(Cc2ccncc2)C(=O)C2CCCCCN2C)cc1. The van der Waals surface area contributed by atoms with Crippen LogP contribution < -0.4 is 4.74 Å². The zero-order chi connectivity index (χ0) is 19.1. The Morgan fingerprint density at radius 3 is 2.41 bits per heavy atom. The Labute approximate surface area is 162 Å². The van der Waals surface area contributed by atoms with E-state index in [1.165, 1.54) is 12.8 Å². The highest BCUT2D eigenvalue weighted by atomic mass is 16.5. The minimum absolute atomic E-state index is 0.0346. The van der Waals surface area contributed by atoms with E-state index in [1.54, 1.807) is 19.5 Å². The van der Waals surface area contributed by atoms with Crippen LogP contribution in [0, 0.1) is 0 Å². The molecule has 1 aromatic heterocycles. The Balaban J connectivity index is 1.80. The summed E-state index contributed by atoms with van der Waals surface area (Å²) in [4.78, 5) is 21.7. The molecule has 5 nitrogen and oxygen atoms in total. The topological polar surface area (TPSA) is 45.7 Å². The zero-order valence-corrected chi connectivity index (χ0v) is 16.3. The summed E-state index contributed by atoms with van der Waals surface area (Å²) in [7, 11) is 3.74. The summed E-state index contributed by atoms with van der Waals surface area (Å²) in [6.07, 6.45) is 7.99. The predicted octanol–water partition coefficient (Wildman–Crippen LogP) is 3.49. The van der Waals surface area contributed by atoms with Crippen molar-refractivity contribution < 1.29 is 9.53 Å². The molecule has 5 heteroatoms. The number of nitrogens with zero attached hydrogens (tertiary/aromatic N) is 3. The van der Waals surface area contributed by atoms with Crippen LogP contribution in [0.3, 0.4) is 0 Å². The standard InChI is InChI=1S/C22H29N3O2/c1-24-15-5-3-4-6-21(24)22(26)25(17-19-11-13-23-14-12-19)16-18-7-9-20(27-2)10-8-18/h7-14,21H,3-6,15-17H2,1-2H3. The number of aromatic nitrogens is 1. The van der Waals surface area contributed by atoms with Gasteiger partial charge in [-0.25, -0.2) is 0 Å². The normalized spacial score (nSPS) is 17.9. The van der Waals surface area contributed by atoms with Crippen LogP contribution in [0.5, 0.6) is 5.75 Å². The summed E-state index contributed by atoms with van der Waals surface area (Å²) >= 11 is 0. The molecule has 27 heavy (non-hydrogen) atoms. The number of methoxy groups -OCH3 is 1. The first-order chi connectivity index (χ1) is 13.2. The van der Waals surface area contributed by atoms with E-state index in [4.69, 9.17) is 4.74 Å². The summed E-state index contributed by atoms with van der Waals surface area (Å²) in [5.74, 6) is 1.04. The van der Waals surface area contributed by atoms with Crippen molar-refractivity contribution in [2.24, 2.45) is 0 Å². The fourth-order valence-electron chi connectivity index (χ4n) is 3.65. The van der Waals surface area contributed by atoms with Gasteiger partial charge in [0.15, 0.2) is 0 Å². The van der Waals surface area contributed by atoms with Gasteiger partial charge in [0.25, 0.3) is 0 Å². The number of hydrogen-bond donors (Lipinski definition) is 0. The average molecular weight is 367 g/mol. The van der Waals surface area contributed by atoms with Crippen molar-refractivity contribution >= 4 is 5.91 Å². The largest absolute Gasteiger partial charge is 0.497 e. The fourth-order valence-corrected chi connectivity index (χ4v) is 3.65. The molecule has 1 aromatic carbocycles. The van der Waals surface area contributed by atoms with E-state index in [1.807, 2.05) is 41.3 Å². The maximum Gasteiger partial charge on any atom is 0.240 e. The molecule has 1 amide bonds. The molecule has 0 N–H and O–H groups in total. The van der Waals surface area contributed by atoms with Crippen molar-refractivity contribution in [3.05, 3.63) is 59.9 Å². The van der Waals surface area contributed by atoms with Crippen LogP contribution in [0.1, 0.15) is 36.8 Å². The molecule has 0 saturated carbocycles. The van der Waals surface area contributed by atoms with Gasteiger partial charge in [-0.2, -0.15) is 0 Å². The molecule has 2 aromatic rings. The second-order valence-corrected chi connectivity index (χ2v) is 7.24. The number of pyridine rings is 1. The first-order valence-corrected chi connectivity index (χ1v) is 9.68. The molecule has 1 fully saturated rings. The van der Waals surface area contributed by atoms with Crippen LogP contribution in [0.4, 0.5) is 0 Å². The van der Waals surface area contributed by atoms with E-state index >= 15 is 0 Å². The van der Waals surface area contributed by atoms with E-state index in [0.29, 0.717) is 13.1 Å². The van der Waals surface area contributed by atoms with Crippen LogP contribution in [-0.2, 0) is 17.9 Å². The molecule has 1 saturated heterocycles. The van der Waals surface area contributed by atoms with Gasteiger partial charge >= 0.3 is 0 Å². The molecule has 2 heterocycles. The number of likely N-dealkylation sites (tertiary alicyclic amines) is 1. The minimum atomic E-state index is -0.0346. The van der Waals surface area contributed by atoms with Gasteiger partial charge in [0.2, 0.25) is 5.91 Å². The van der Waals surface area contributed by atoms with Crippen molar-refractivity contribution in [3.63, 3.8) is 0 Å². The summed E-state index contributed by atoms with van der Waals surface area (Å²) in [5, 5.41) is 0. The Bertz CT molecular complexity index is 718. The van der Waals surface area contributed by atoms with Crippen LogP contribution >= 0.6 is 0 Å². The lowest BCUT2D eigenvalue weighted by Crippen LogP contribution is -2.46. The number of carbonyl (C=O) groups is 1. The molecular formula is C22H29N3O2. The van der Waals surface area contributed by atoms with E-state index < -0.39 is 0 Å². The number of amides is 1. The van der Waals surface area contributed by atoms with Gasteiger partial charge in [-0.15, -0.1) is 0 Å². The number of likely N-dealkylation sites (N-methyl/N-ethyl adjacent to an activating group) is 1. The Kier molecular flexibility index (Phi) is 6.82. The molecule has 1 aliphatic heterocycles. The van der Waals surface area contributed by atoms with Crippen molar-refractivity contribution in [2.45, 2.75) is 44.8 Å². The third-order valence-corrected chi connectivity index (χ3v) is 5.27. The molecule has 0 radical (unpaired) electrons. The molecule has 1 unspecified atom stereocenters. The van der Waals surface area contributed by atoms with Crippen molar-refractivity contribution in [1.82, 2.24) is 14.8 Å². The van der Waals surface area contributed by atoms with Gasteiger partial charge in [0, 0.05) is 25.5 Å². The van der Waals surface area contributed by atoms with Crippen molar-refractivity contribution in [1.29, 1.82) is 0 Å². The van der Waals surface area contributed by atoms with Gasteiger partial charge in [-0.1, -0.05) is 25.0 Å². The lowest BCUT2D eigenvalue weighted by atomic mass is 10.1. The van der Waals surface area contributed by atoms with Crippen LogP contribution in [0.2, 0.25) is 0 Å². The number of ether oxygens (including phenoxy) is 1. The quantitative estimate of drug-likeness (QED) is 0.784. The van der Waals surface area contributed by atoms with E-state index in [9.17, 15) is 4.79 Å². The van der Waals surface area contributed by atoms with Gasteiger partial charge in [-0.3, -0.25) is 14.7 Å². The van der Waals surface area contributed by atoms with E-state index in [0.717, 1.165) is 36.3 Å². The Morgan fingerprint density at radius 2 is 1.74 bits per heavy atom. The third-order valence-electron chi connectivity index (χ3n) is 5.27. The highest BCUT2D eigenvalue weighted by Gasteiger charge is 2.29. The maximum atomic E-state index is 13.4. The predicted molar refractivity (Wildman–Crippen MR) is 106 cm³/mol. The molecule has 1 aliphatic rings. The third kappa shape index (κ3) is 5.30. The molecule has 0 bridgehead atoms. The zero-order valence-electron chi connectivity index (χ0n) is 16.3. The minimum Gasteiger partial charge on any atom is -0.497 e. The number of rotatable bonds is 6. The molecule has 0 spiro atoms. The molecule has 3 rings (SSSR count).